The number of benzene rings is 1. The van der Waals surface area contributed by atoms with E-state index in [1.54, 1.807) is 12.0 Å². The molecule has 3 nitrogen and oxygen atoms in total. The van der Waals surface area contributed by atoms with Gasteiger partial charge in [0.05, 0.1) is 7.11 Å². The molecule has 1 amide bonds. The third-order valence-corrected chi connectivity index (χ3v) is 2.10. The first-order valence-corrected chi connectivity index (χ1v) is 4.62. The number of hydrogen-bond donors (Lipinski definition) is 0. The Kier molecular flexibility index (Phi) is 3.98. The van der Waals surface area contributed by atoms with E-state index in [1.165, 1.54) is 0 Å². The fraction of sp³-hybridized carbons (Fsp3) is 0.364. The fourth-order valence-corrected chi connectivity index (χ4v) is 1.19. The Morgan fingerprint density at radius 1 is 1.36 bits per heavy atom. The van der Waals surface area contributed by atoms with E-state index < -0.39 is 0 Å². The molecular weight excluding hydrogens is 178 g/mol. The first-order chi connectivity index (χ1) is 6.80. The van der Waals surface area contributed by atoms with Crippen LogP contribution >= 0.6 is 0 Å². The van der Waals surface area contributed by atoms with E-state index >= 15 is 0 Å². The van der Waals surface area contributed by atoms with Crippen molar-refractivity contribution in [3.63, 3.8) is 0 Å². The predicted molar refractivity (Wildman–Crippen MR) is 55.1 cm³/mol. The Labute approximate surface area is 84.3 Å². The quantitative estimate of drug-likeness (QED) is 0.666. The van der Waals surface area contributed by atoms with Gasteiger partial charge in [-0.15, -0.1) is 0 Å². The topological polar surface area (TPSA) is 29.5 Å². The van der Waals surface area contributed by atoms with E-state index in [-0.39, 0.29) is 0 Å². The summed E-state index contributed by atoms with van der Waals surface area (Å²) in [6.45, 7) is 3.34. The first-order valence-electron chi connectivity index (χ1n) is 4.62. The molecule has 0 aromatic heterocycles. The van der Waals surface area contributed by atoms with Crippen molar-refractivity contribution in [2.24, 2.45) is 0 Å². The molecule has 0 aliphatic rings. The van der Waals surface area contributed by atoms with E-state index in [4.69, 9.17) is 4.74 Å². The first kappa shape index (κ1) is 10.6. The molecule has 0 saturated carbocycles. The van der Waals surface area contributed by atoms with E-state index in [9.17, 15) is 4.79 Å². The van der Waals surface area contributed by atoms with Crippen LogP contribution < -0.4 is 4.74 Å². The standard InChI is InChI=1S/C11H15NO2/c1-3-12(9-13)8-10-4-6-11(14-2)7-5-10/h4-7,9H,3,8H2,1-2H3. The molecule has 0 saturated heterocycles. The number of carbonyl (C=O) groups is 1. The van der Waals surface area contributed by atoms with Crippen LogP contribution in [0.4, 0.5) is 0 Å². The van der Waals surface area contributed by atoms with Crippen LogP contribution in [0.3, 0.4) is 0 Å². The lowest BCUT2D eigenvalue weighted by atomic mass is 10.2. The van der Waals surface area contributed by atoms with Crippen molar-refractivity contribution in [2.75, 3.05) is 13.7 Å². The van der Waals surface area contributed by atoms with Crippen LogP contribution in [0.5, 0.6) is 5.75 Å². The van der Waals surface area contributed by atoms with Crippen molar-refractivity contribution in [2.45, 2.75) is 13.5 Å². The molecule has 0 fully saturated rings. The molecule has 1 aromatic carbocycles. The lowest BCUT2D eigenvalue weighted by Crippen LogP contribution is -2.20. The summed E-state index contributed by atoms with van der Waals surface area (Å²) < 4.78 is 5.04. The van der Waals surface area contributed by atoms with Gasteiger partial charge in [-0.2, -0.15) is 0 Å². The third kappa shape index (κ3) is 2.76. The smallest absolute Gasteiger partial charge is 0.209 e. The maximum Gasteiger partial charge on any atom is 0.209 e. The monoisotopic (exact) mass is 193 g/mol. The Morgan fingerprint density at radius 3 is 2.43 bits per heavy atom. The van der Waals surface area contributed by atoms with E-state index in [1.807, 2.05) is 31.2 Å². The zero-order chi connectivity index (χ0) is 10.4. The van der Waals surface area contributed by atoms with Gasteiger partial charge in [-0.05, 0) is 24.6 Å². The second kappa shape index (κ2) is 5.27. The Hall–Kier alpha value is -1.51. The molecule has 0 spiro atoms. The maximum absolute atomic E-state index is 10.6. The van der Waals surface area contributed by atoms with Crippen LogP contribution in [-0.4, -0.2) is 25.0 Å². The summed E-state index contributed by atoms with van der Waals surface area (Å²) in [5.74, 6) is 0.836. The normalized spacial score (nSPS) is 9.57. The average molecular weight is 193 g/mol. The second-order valence-corrected chi connectivity index (χ2v) is 3.02. The summed E-state index contributed by atoms with van der Waals surface area (Å²) in [5.41, 5.74) is 1.11. The van der Waals surface area contributed by atoms with Crippen molar-refractivity contribution < 1.29 is 9.53 Å². The van der Waals surface area contributed by atoms with Gasteiger partial charge in [-0.1, -0.05) is 12.1 Å². The highest BCUT2D eigenvalue weighted by Gasteiger charge is 1.99. The average Bonchev–Trinajstić information content (AvgIpc) is 2.26. The molecule has 3 heteroatoms. The molecule has 0 radical (unpaired) electrons. The minimum Gasteiger partial charge on any atom is -0.497 e. The van der Waals surface area contributed by atoms with Crippen LogP contribution in [0.25, 0.3) is 0 Å². The number of amides is 1. The maximum atomic E-state index is 10.6. The van der Waals surface area contributed by atoms with E-state index in [0.29, 0.717) is 6.54 Å². The fourth-order valence-electron chi connectivity index (χ4n) is 1.19. The molecule has 1 aromatic rings. The third-order valence-electron chi connectivity index (χ3n) is 2.10. The van der Waals surface area contributed by atoms with Crippen molar-refractivity contribution in [3.05, 3.63) is 29.8 Å². The lowest BCUT2D eigenvalue weighted by molar-refractivity contribution is -0.118. The molecule has 0 aliphatic heterocycles. The van der Waals surface area contributed by atoms with Crippen LogP contribution in [0.15, 0.2) is 24.3 Å². The Morgan fingerprint density at radius 2 is 2.00 bits per heavy atom. The number of rotatable bonds is 5. The van der Waals surface area contributed by atoms with Crippen molar-refractivity contribution in [1.29, 1.82) is 0 Å². The zero-order valence-corrected chi connectivity index (χ0v) is 8.56. The van der Waals surface area contributed by atoms with Crippen molar-refractivity contribution in [1.82, 2.24) is 4.90 Å². The van der Waals surface area contributed by atoms with Crippen LogP contribution in [0, 0.1) is 0 Å². The summed E-state index contributed by atoms with van der Waals surface area (Å²) in [7, 11) is 1.64. The highest BCUT2D eigenvalue weighted by Crippen LogP contribution is 2.12. The summed E-state index contributed by atoms with van der Waals surface area (Å²) in [6.07, 6.45) is 0.865. The van der Waals surface area contributed by atoms with Gasteiger partial charge in [0.2, 0.25) is 6.41 Å². The molecule has 1 rings (SSSR count). The highest BCUT2D eigenvalue weighted by molar-refractivity contribution is 5.47. The van der Waals surface area contributed by atoms with Gasteiger partial charge in [0, 0.05) is 13.1 Å². The molecule has 14 heavy (non-hydrogen) atoms. The summed E-state index contributed by atoms with van der Waals surface area (Å²) in [6, 6.07) is 7.72. The molecule has 0 heterocycles. The SMILES string of the molecule is CCN(C=O)Cc1ccc(OC)cc1. The van der Waals surface area contributed by atoms with Crippen LogP contribution in [0.1, 0.15) is 12.5 Å². The van der Waals surface area contributed by atoms with Gasteiger partial charge in [-0.25, -0.2) is 0 Å². The minimum atomic E-state index is 0.657. The van der Waals surface area contributed by atoms with Gasteiger partial charge in [0.15, 0.2) is 0 Å². The Bertz CT molecular complexity index is 282. The molecule has 0 atom stereocenters. The van der Waals surface area contributed by atoms with Crippen molar-refractivity contribution in [3.8, 4) is 5.75 Å². The number of ether oxygens (including phenoxy) is 1. The highest BCUT2D eigenvalue weighted by atomic mass is 16.5. The Balaban J connectivity index is 2.63. The van der Waals surface area contributed by atoms with Crippen LogP contribution in [0.2, 0.25) is 0 Å². The van der Waals surface area contributed by atoms with Gasteiger partial charge in [0.1, 0.15) is 5.75 Å². The van der Waals surface area contributed by atoms with Gasteiger partial charge >= 0.3 is 0 Å². The van der Waals surface area contributed by atoms with Crippen molar-refractivity contribution >= 4 is 6.41 Å². The second-order valence-electron chi connectivity index (χ2n) is 3.02. The summed E-state index contributed by atoms with van der Waals surface area (Å²) in [5, 5.41) is 0. The molecule has 0 bridgehead atoms. The molecule has 0 N–H and O–H groups in total. The van der Waals surface area contributed by atoms with E-state index in [2.05, 4.69) is 0 Å². The summed E-state index contributed by atoms with van der Waals surface area (Å²) in [4.78, 5) is 12.3. The molecule has 0 aliphatic carbocycles. The number of carbonyl (C=O) groups excluding carboxylic acids is 1. The molecular formula is C11H15NO2. The lowest BCUT2D eigenvalue weighted by Gasteiger charge is -2.14. The van der Waals surface area contributed by atoms with Gasteiger partial charge in [-0.3, -0.25) is 4.79 Å². The number of methoxy groups -OCH3 is 1. The summed E-state index contributed by atoms with van der Waals surface area (Å²) >= 11 is 0. The van der Waals surface area contributed by atoms with Crippen LogP contribution in [-0.2, 0) is 11.3 Å². The van der Waals surface area contributed by atoms with Gasteiger partial charge in [0.25, 0.3) is 0 Å². The molecule has 76 valence electrons. The number of hydrogen-bond acceptors (Lipinski definition) is 2. The molecule has 0 unspecified atom stereocenters. The number of nitrogens with zero attached hydrogens (tertiary/aromatic N) is 1. The predicted octanol–water partition coefficient (Wildman–Crippen LogP) is 1.67. The largest absolute Gasteiger partial charge is 0.497 e. The van der Waals surface area contributed by atoms with Gasteiger partial charge < -0.3 is 9.64 Å². The minimum absolute atomic E-state index is 0.657. The van der Waals surface area contributed by atoms with E-state index in [0.717, 1.165) is 24.3 Å². The zero-order valence-electron chi connectivity index (χ0n) is 8.56.